The number of benzene rings is 1. The molecule has 0 N–H and O–H groups in total. The number of hydrogen-bond donors (Lipinski definition) is 0. The average molecular weight is 340 g/mol. The molecule has 1 saturated heterocycles. The van der Waals surface area contributed by atoms with Crippen molar-refractivity contribution in [2.45, 2.75) is 63.2 Å². The molecule has 1 aromatic carbocycles. The fraction of sp³-hybridized carbons (Fsp3) is 0.739. The van der Waals surface area contributed by atoms with Crippen molar-refractivity contribution in [1.82, 2.24) is 4.90 Å². The Balaban J connectivity index is 1.20. The minimum absolute atomic E-state index is 0.515. The molecule has 1 aliphatic heterocycles. The van der Waals surface area contributed by atoms with Gasteiger partial charge in [0.05, 0.1) is 0 Å². The molecule has 2 heteroatoms. The van der Waals surface area contributed by atoms with Crippen LogP contribution in [-0.4, -0.2) is 31.1 Å². The van der Waals surface area contributed by atoms with E-state index in [9.17, 15) is 0 Å². The van der Waals surface area contributed by atoms with Crippen molar-refractivity contribution in [1.29, 1.82) is 0 Å². The smallest absolute Gasteiger partial charge is 0.119 e. The third-order valence-corrected chi connectivity index (χ3v) is 7.63. The molecule has 0 radical (unpaired) electrons. The van der Waals surface area contributed by atoms with Crippen LogP contribution >= 0.6 is 0 Å². The Labute approximate surface area is 152 Å². The minimum atomic E-state index is 0.515. The van der Waals surface area contributed by atoms with Crippen molar-refractivity contribution >= 4 is 0 Å². The first-order chi connectivity index (χ1) is 12.3. The van der Waals surface area contributed by atoms with E-state index in [2.05, 4.69) is 29.2 Å². The summed E-state index contributed by atoms with van der Waals surface area (Å²) in [6.45, 7) is 4.43. The van der Waals surface area contributed by atoms with Gasteiger partial charge in [-0.2, -0.15) is 0 Å². The number of hydrogen-bond acceptors (Lipinski definition) is 2. The summed E-state index contributed by atoms with van der Waals surface area (Å²) in [5, 5.41) is 0. The lowest BCUT2D eigenvalue weighted by molar-refractivity contribution is -0.00520. The van der Waals surface area contributed by atoms with Crippen molar-refractivity contribution in [3.05, 3.63) is 29.8 Å². The fourth-order valence-electron chi connectivity index (χ4n) is 6.84. The molecular formula is C23H33NO. The van der Waals surface area contributed by atoms with Crippen LogP contribution in [0.15, 0.2) is 24.3 Å². The third-order valence-electron chi connectivity index (χ3n) is 7.63. The molecule has 0 unspecified atom stereocenters. The first kappa shape index (κ1) is 16.2. The van der Waals surface area contributed by atoms with Crippen molar-refractivity contribution in [2.24, 2.45) is 17.8 Å². The Morgan fingerprint density at radius 1 is 0.840 bits per heavy atom. The first-order valence-electron chi connectivity index (χ1n) is 10.7. The van der Waals surface area contributed by atoms with Crippen LogP contribution < -0.4 is 4.74 Å². The minimum Gasteiger partial charge on any atom is -0.492 e. The molecule has 4 saturated carbocycles. The molecular weight excluding hydrogens is 306 g/mol. The molecule has 6 rings (SSSR count). The maximum absolute atomic E-state index is 6.04. The Hall–Kier alpha value is -1.02. The Bertz CT molecular complexity index is 551. The lowest BCUT2D eigenvalue weighted by atomic mass is 9.48. The van der Waals surface area contributed by atoms with Gasteiger partial charge in [-0.25, -0.2) is 0 Å². The van der Waals surface area contributed by atoms with E-state index >= 15 is 0 Å². The zero-order valence-electron chi connectivity index (χ0n) is 15.6. The molecule has 4 bridgehead atoms. The SMILES string of the molecule is c1cc(C23CC4CC(CC(C4)C2)C3)ccc1OCCN1CCCCC1. The van der Waals surface area contributed by atoms with E-state index < -0.39 is 0 Å². The van der Waals surface area contributed by atoms with Crippen LogP contribution in [-0.2, 0) is 5.41 Å². The van der Waals surface area contributed by atoms with Crippen LogP contribution in [0.2, 0.25) is 0 Å². The summed E-state index contributed by atoms with van der Waals surface area (Å²) in [6, 6.07) is 9.26. The van der Waals surface area contributed by atoms with E-state index in [-0.39, 0.29) is 0 Å². The third kappa shape index (κ3) is 3.23. The maximum atomic E-state index is 6.04. The van der Waals surface area contributed by atoms with Crippen LogP contribution in [0.5, 0.6) is 5.75 Å². The zero-order valence-corrected chi connectivity index (χ0v) is 15.6. The van der Waals surface area contributed by atoms with E-state index in [1.54, 1.807) is 5.56 Å². The standard InChI is InChI=1S/C23H33NO/c1-2-8-24(9-3-1)10-11-25-22-6-4-21(5-7-22)23-15-18-12-19(16-23)14-20(13-18)17-23/h4-7,18-20H,1-3,8-17H2. The second kappa shape index (κ2) is 6.61. The zero-order chi connectivity index (χ0) is 16.7. The van der Waals surface area contributed by atoms with Gasteiger partial charge in [-0.1, -0.05) is 18.6 Å². The Kier molecular flexibility index (Phi) is 4.28. The molecule has 25 heavy (non-hydrogen) atoms. The van der Waals surface area contributed by atoms with E-state index in [0.717, 1.165) is 36.7 Å². The molecule has 0 amide bonds. The molecule has 1 aromatic rings. The van der Waals surface area contributed by atoms with Crippen LogP contribution in [0.25, 0.3) is 0 Å². The highest BCUT2D eigenvalue weighted by atomic mass is 16.5. The molecule has 5 aliphatic rings. The number of likely N-dealkylation sites (tertiary alicyclic amines) is 1. The second-order valence-electron chi connectivity index (χ2n) is 9.47. The number of rotatable bonds is 5. The van der Waals surface area contributed by atoms with Crippen molar-refractivity contribution < 1.29 is 4.74 Å². The molecule has 2 nitrogen and oxygen atoms in total. The van der Waals surface area contributed by atoms with Crippen molar-refractivity contribution in [3.8, 4) is 5.75 Å². The second-order valence-corrected chi connectivity index (χ2v) is 9.47. The molecule has 5 fully saturated rings. The first-order valence-corrected chi connectivity index (χ1v) is 10.7. The lowest BCUT2D eigenvalue weighted by Crippen LogP contribution is -2.48. The molecule has 136 valence electrons. The van der Waals surface area contributed by atoms with Crippen LogP contribution in [0.4, 0.5) is 0 Å². The highest BCUT2D eigenvalue weighted by molar-refractivity contribution is 5.34. The van der Waals surface area contributed by atoms with E-state index in [0.29, 0.717) is 5.41 Å². The van der Waals surface area contributed by atoms with Crippen LogP contribution in [0, 0.1) is 17.8 Å². The van der Waals surface area contributed by atoms with Gasteiger partial charge in [0, 0.05) is 6.54 Å². The number of nitrogens with zero attached hydrogens (tertiary/aromatic N) is 1. The molecule has 0 aromatic heterocycles. The van der Waals surface area contributed by atoms with Crippen LogP contribution in [0.3, 0.4) is 0 Å². The quantitative estimate of drug-likeness (QED) is 0.747. The van der Waals surface area contributed by atoms with Gasteiger partial charge in [0.15, 0.2) is 0 Å². The van der Waals surface area contributed by atoms with Gasteiger partial charge in [-0.05, 0) is 105 Å². The average Bonchev–Trinajstić information content (AvgIpc) is 2.62. The maximum Gasteiger partial charge on any atom is 0.119 e. The van der Waals surface area contributed by atoms with E-state index in [1.165, 1.54) is 70.9 Å². The summed E-state index contributed by atoms with van der Waals surface area (Å²) in [7, 11) is 0. The monoisotopic (exact) mass is 339 g/mol. The number of piperidine rings is 1. The molecule has 4 aliphatic carbocycles. The van der Waals surface area contributed by atoms with Gasteiger partial charge in [0.1, 0.15) is 12.4 Å². The summed E-state index contributed by atoms with van der Waals surface area (Å²) in [4.78, 5) is 2.55. The highest BCUT2D eigenvalue weighted by Crippen LogP contribution is 2.60. The van der Waals surface area contributed by atoms with Gasteiger partial charge < -0.3 is 4.74 Å². The van der Waals surface area contributed by atoms with E-state index in [4.69, 9.17) is 4.74 Å². The normalized spacial score (nSPS) is 37.4. The van der Waals surface area contributed by atoms with Gasteiger partial charge in [0.25, 0.3) is 0 Å². The van der Waals surface area contributed by atoms with Gasteiger partial charge in [0.2, 0.25) is 0 Å². The number of ether oxygens (including phenoxy) is 1. The summed E-state index contributed by atoms with van der Waals surface area (Å²) in [5.41, 5.74) is 2.12. The van der Waals surface area contributed by atoms with E-state index in [1.807, 2.05) is 0 Å². The summed E-state index contributed by atoms with van der Waals surface area (Å²) in [5.74, 6) is 4.12. The highest BCUT2D eigenvalue weighted by Gasteiger charge is 2.51. The van der Waals surface area contributed by atoms with Gasteiger partial charge >= 0.3 is 0 Å². The molecule has 1 heterocycles. The summed E-state index contributed by atoms with van der Waals surface area (Å²) in [6.07, 6.45) is 13.1. The summed E-state index contributed by atoms with van der Waals surface area (Å²) < 4.78 is 6.04. The fourth-order valence-corrected chi connectivity index (χ4v) is 6.84. The molecule has 0 atom stereocenters. The predicted octanol–water partition coefficient (Wildman–Crippen LogP) is 5.02. The predicted molar refractivity (Wildman–Crippen MR) is 102 cm³/mol. The topological polar surface area (TPSA) is 12.5 Å². The Morgan fingerprint density at radius 3 is 2.04 bits per heavy atom. The lowest BCUT2D eigenvalue weighted by Gasteiger charge is -2.57. The van der Waals surface area contributed by atoms with Gasteiger partial charge in [-0.15, -0.1) is 0 Å². The Morgan fingerprint density at radius 2 is 1.44 bits per heavy atom. The van der Waals surface area contributed by atoms with Crippen molar-refractivity contribution in [3.63, 3.8) is 0 Å². The van der Waals surface area contributed by atoms with Crippen LogP contribution in [0.1, 0.15) is 63.4 Å². The largest absolute Gasteiger partial charge is 0.492 e. The van der Waals surface area contributed by atoms with Gasteiger partial charge in [-0.3, -0.25) is 4.90 Å². The van der Waals surface area contributed by atoms with Crippen molar-refractivity contribution in [2.75, 3.05) is 26.2 Å². The molecule has 0 spiro atoms. The summed E-state index contributed by atoms with van der Waals surface area (Å²) >= 11 is 0.